The number of aliphatic hydroxyl groups excluding tert-OH is 1. The Kier molecular flexibility index (Phi) is 2.28. The predicted octanol–water partition coefficient (Wildman–Crippen LogP) is 1.15. The third kappa shape index (κ3) is 1.59. The number of benzene rings is 1. The summed E-state index contributed by atoms with van der Waals surface area (Å²) in [6.45, 7) is -0.212. The third-order valence-corrected chi connectivity index (χ3v) is 1.29. The molecular formula is C7H7FO3. The van der Waals surface area contributed by atoms with E-state index in [1.165, 1.54) is 18.2 Å². The average Bonchev–Trinajstić information content (AvgIpc) is 2.05. The summed E-state index contributed by atoms with van der Waals surface area (Å²) in [6.07, 6.45) is 0. The normalized spacial score (nSPS) is 9.64. The molecule has 60 valence electrons. The van der Waals surface area contributed by atoms with Crippen LogP contribution in [-0.2, 0) is 6.61 Å². The lowest BCUT2D eigenvalue weighted by Gasteiger charge is -1.99. The van der Waals surface area contributed by atoms with Crippen molar-refractivity contribution in [1.82, 2.24) is 0 Å². The SMILES string of the molecule is OCc1ccc(O)c(OF)c1. The predicted molar refractivity (Wildman–Crippen MR) is 35.8 cm³/mol. The van der Waals surface area contributed by atoms with E-state index in [-0.39, 0.29) is 18.1 Å². The summed E-state index contributed by atoms with van der Waals surface area (Å²) in [5.74, 6) is -0.568. The van der Waals surface area contributed by atoms with Crippen molar-refractivity contribution in [1.29, 1.82) is 0 Å². The molecule has 0 unspecified atom stereocenters. The van der Waals surface area contributed by atoms with Crippen LogP contribution in [0.25, 0.3) is 0 Å². The zero-order valence-corrected chi connectivity index (χ0v) is 5.62. The first-order valence-electron chi connectivity index (χ1n) is 2.99. The van der Waals surface area contributed by atoms with Crippen LogP contribution >= 0.6 is 0 Å². The molecule has 0 aliphatic rings. The number of hydrogen-bond acceptors (Lipinski definition) is 3. The molecule has 0 heterocycles. The number of aliphatic hydroxyl groups is 1. The quantitative estimate of drug-likeness (QED) is 0.678. The van der Waals surface area contributed by atoms with E-state index < -0.39 is 0 Å². The van der Waals surface area contributed by atoms with Crippen molar-refractivity contribution in [2.75, 3.05) is 0 Å². The van der Waals surface area contributed by atoms with E-state index in [4.69, 9.17) is 10.2 Å². The molecule has 0 saturated carbocycles. The number of rotatable bonds is 2. The molecule has 1 rings (SSSR count). The summed E-state index contributed by atoms with van der Waals surface area (Å²) >= 11 is 0. The molecular weight excluding hydrogens is 151 g/mol. The number of phenolic OH excluding ortho intramolecular Hbond substituents is 1. The molecule has 1 aromatic carbocycles. The molecule has 0 atom stereocenters. The van der Waals surface area contributed by atoms with Crippen molar-refractivity contribution in [3.8, 4) is 11.5 Å². The average molecular weight is 158 g/mol. The molecule has 0 aliphatic heterocycles. The molecule has 0 aromatic heterocycles. The fourth-order valence-corrected chi connectivity index (χ4v) is 0.719. The minimum atomic E-state index is -0.287. The van der Waals surface area contributed by atoms with Gasteiger partial charge in [0.1, 0.15) is 0 Å². The second-order valence-corrected chi connectivity index (χ2v) is 2.04. The molecule has 1 aromatic rings. The van der Waals surface area contributed by atoms with Crippen LogP contribution in [0.1, 0.15) is 5.56 Å². The number of aromatic hydroxyl groups is 1. The van der Waals surface area contributed by atoms with E-state index in [1.807, 2.05) is 0 Å². The highest BCUT2D eigenvalue weighted by Gasteiger charge is 2.03. The number of halogens is 1. The fourth-order valence-electron chi connectivity index (χ4n) is 0.719. The van der Waals surface area contributed by atoms with Crippen molar-refractivity contribution < 1.29 is 19.7 Å². The smallest absolute Gasteiger partial charge is 0.213 e. The fraction of sp³-hybridized carbons (Fsp3) is 0.143. The van der Waals surface area contributed by atoms with Gasteiger partial charge in [0.05, 0.1) is 6.61 Å². The van der Waals surface area contributed by atoms with E-state index >= 15 is 0 Å². The highest BCUT2D eigenvalue weighted by Crippen LogP contribution is 2.26. The monoisotopic (exact) mass is 158 g/mol. The summed E-state index contributed by atoms with van der Waals surface area (Å²) in [7, 11) is 0. The van der Waals surface area contributed by atoms with Gasteiger partial charge in [-0.3, -0.25) is 4.94 Å². The number of phenols is 1. The van der Waals surface area contributed by atoms with Gasteiger partial charge in [-0.05, 0) is 17.7 Å². The summed E-state index contributed by atoms with van der Waals surface area (Å²) in [4.78, 5) is 3.33. The van der Waals surface area contributed by atoms with Crippen LogP contribution in [0.4, 0.5) is 4.53 Å². The maximum atomic E-state index is 11.6. The minimum absolute atomic E-state index is 0.212. The summed E-state index contributed by atoms with van der Waals surface area (Å²) in [6, 6.07) is 3.94. The molecule has 0 bridgehead atoms. The highest BCUT2D eigenvalue weighted by atomic mass is 19.3. The maximum absolute atomic E-state index is 11.6. The zero-order chi connectivity index (χ0) is 8.27. The van der Waals surface area contributed by atoms with E-state index in [0.717, 1.165) is 0 Å². The van der Waals surface area contributed by atoms with Crippen LogP contribution in [0, 0.1) is 0 Å². The summed E-state index contributed by atoms with van der Waals surface area (Å²) in [5.41, 5.74) is 0.482. The van der Waals surface area contributed by atoms with Crippen LogP contribution < -0.4 is 4.94 Å². The molecule has 4 heteroatoms. The van der Waals surface area contributed by atoms with Crippen LogP contribution in [0.5, 0.6) is 11.5 Å². The van der Waals surface area contributed by atoms with Gasteiger partial charge in [-0.1, -0.05) is 6.07 Å². The van der Waals surface area contributed by atoms with E-state index in [2.05, 4.69) is 4.94 Å². The Bertz CT molecular complexity index is 249. The number of hydrogen-bond donors (Lipinski definition) is 2. The lowest BCUT2D eigenvalue weighted by atomic mass is 10.2. The molecule has 0 aliphatic carbocycles. The van der Waals surface area contributed by atoms with Crippen molar-refractivity contribution in [2.45, 2.75) is 6.61 Å². The molecule has 0 radical (unpaired) electrons. The van der Waals surface area contributed by atoms with E-state index in [1.54, 1.807) is 0 Å². The largest absolute Gasteiger partial charge is 0.504 e. The molecule has 0 spiro atoms. The lowest BCUT2D eigenvalue weighted by Crippen LogP contribution is -1.84. The van der Waals surface area contributed by atoms with E-state index in [9.17, 15) is 4.53 Å². The summed E-state index contributed by atoms with van der Waals surface area (Å²) < 4.78 is 11.6. The van der Waals surface area contributed by atoms with Crippen LogP contribution in [0.15, 0.2) is 18.2 Å². The molecule has 0 saturated heterocycles. The van der Waals surface area contributed by atoms with Crippen LogP contribution in [0.2, 0.25) is 0 Å². The first-order chi connectivity index (χ1) is 5.27. The van der Waals surface area contributed by atoms with Crippen LogP contribution in [-0.4, -0.2) is 10.2 Å². The molecule has 0 fully saturated rings. The van der Waals surface area contributed by atoms with Crippen molar-refractivity contribution in [2.24, 2.45) is 0 Å². The minimum Gasteiger partial charge on any atom is -0.504 e. The Morgan fingerprint density at radius 3 is 2.73 bits per heavy atom. The van der Waals surface area contributed by atoms with Gasteiger partial charge in [-0.15, -0.1) is 0 Å². The first-order valence-corrected chi connectivity index (χ1v) is 2.99. The Morgan fingerprint density at radius 1 is 1.45 bits per heavy atom. The van der Waals surface area contributed by atoms with Crippen molar-refractivity contribution in [3.05, 3.63) is 23.8 Å². The molecule has 11 heavy (non-hydrogen) atoms. The lowest BCUT2D eigenvalue weighted by molar-refractivity contribution is -0.00911. The van der Waals surface area contributed by atoms with Gasteiger partial charge in [0.25, 0.3) is 0 Å². The first kappa shape index (κ1) is 7.81. The van der Waals surface area contributed by atoms with E-state index in [0.29, 0.717) is 5.56 Å². The second kappa shape index (κ2) is 3.21. The molecule has 2 N–H and O–H groups in total. The van der Waals surface area contributed by atoms with Gasteiger partial charge in [-0.25, -0.2) is 0 Å². The Labute approximate surface area is 62.6 Å². The van der Waals surface area contributed by atoms with Gasteiger partial charge >= 0.3 is 0 Å². The van der Waals surface area contributed by atoms with Gasteiger partial charge in [-0.2, -0.15) is 0 Å². The molecule has 3 nitrogen and oxygen atoms in total. The summed E-state index contributed by atoms with van der Waals surface area (Å²) in [5, 5.41) is 17.5. The standard InChI is InChI=1S/C7H7FO3/c8-11-7-3-5(4-9)1-2-6(7)10/h1-3,9-10H,4H2. The zero-order valence-electron chi connectivity index (χ0n) is 5.62. The second-order valence-electron chi connectivity index (χ2n) is 2.04. The Balaban J connectivity index is 3.02. The third-order valence-electron chi connectivity index (χ3n) is 1.29. The van der Waals surface area contributed by atoms with Crippen LogP contribution in [0.3, 0.4) is 0 Å². The maximum Gasteiger partial charge on any atom is 0.213 e. The van der Waals surface area contributed by atoms with Gasteiger partial charge in [0.15, 0.2) is 5.75 Å². The Morgan fingerprint density at radius 2 is 2.18 bits per heavy atom. The molecule has 0 amide bonds. The van der Waals surface area contributed by atoms with Gasteiger partial charge < -0.3 is 10.2 Å². The van der Waals surface area contributed by atoms with Crippen molar-refractivity contribution >= 4 is 0 Å². The Hall–Kier alpha value is -1.29. The highest BCUT2D eigenvalue weighted by molar-refractivity contribution is 5.41. The van der Waals surface area contributed by atoms with Crippen molar-refractivity contribution in [3.63, 3.8) is 0 Å². The van der Waals surface area contributed by atoms with Gasteiger partial charge in [0.2, 0.25) is 5.75 Å². The van der Waals surface area contributed by atoms with Gasteiger partial charge in [0, 0.05) is 4.53 Å². The topological polar surface area (TPSA) is 49.7 Å².